The van der Waals surface area contributed by atoms with E-state index in [0.717, 1.165) is 11.3 Å². The lowest BCUT2D eigenvalue weighted by Gasteiger charge is -2.26. The van der Waals surface area contributed by atoms with Crippen LogP contribution in [0.3, 0.4) is 0 Å². The predicted molar refractivity (Wildman–Crippen MR) is 117 cm³/mol. The number of nitrogens with zero attached hydrogens (tertiary/aromatic N) is 2. The Bertz CT molecular complexity index is 933. The Kier molecular flexibility index (Phi) is 6.57. The number of anilines is 1. The number of carbonyl (C=O) groups is 2. The summed E-state index contributed by atoms with van der Waals surface area (Å²) in [6.07, 6.45) is 0.0176. The van der Waals surface area contributed by atoms with E-state index < -0.39 is 17.7 Å². The molecule has 0 bridgehead atoms. The average molecular weight is 408 g/mol. The van der Waals surface area contributed by atoms with Crippen LogP contribution in [0.1, 0.15) is 31.0 Å². The van der Waals surface area contributed by atoms with Gasteiger partial charge in [0.1, 0.15) is 5.76 Å². The highest BCUT2D eigenvalue weighted by Gasteiger charge is 2.45. The summed E-state index contributed by atoms with van der Waals surface area (Å²) in [6.45, 7) is 4.40. The fourth-order valence-corrected chi connectivity index (χ4v) is 3.55. The smallest absolute Gasteiger partial charge is 0.295 e. The quantitative estimate of drug-likeness (QED) is 0.431. The molecule has 1 aliphatic rings. The number of carbonyl (C=O) groups excluding carboxylic acids is 2. The molecule has 30 heavy (non-hydrogen) atoms. The highest BCUT2D eigenvalue weighted by molar-refractivity contribution is 6.46. The molecule has 6 nitrogen and oxygen atoms in total. The number of Topliss-reactive ketones (excluding diaryl/α,β-unsaturated/α-hetero) is 1. The van der Waals surface area contributed by atoms with E-state index in [1.807, 2.05) is 63.2 Å². The minimum atomic E-state index is -0.678. The van der Waals surface area contributed by atoms with Gasteiger partial charge >= 0.3 is 0 Å². The Labute approximate surface area is 177 Å². The van der Waals surface area contributed by atoms with Crippen molar-refractivity contribution >= 4 is 23.1 Å². The van der Waals surface area contributed by atoms with Gasteiger partial charge in [-0.25, -0.2) is 0 Å². The Morgan fingerprint density at radius 2 is 1.70 bits per heavy atom. The Balaban J connectivity index is 2.07. The van der Waals surface area contributed by atoms with Crippen LogP contribution >= 0.6 is 0 Å². The maximum Gasteiger partial charge on any atom is 0.295 e. The number of ketones is 1. The Hall–Kier alpha value is -3.12. The zero-order valence-corrected chi connectivity index (χ0v) is 17.8. The van der Waals surface area contributed by atoms with E-state index in [2.05, 4.69) is 0 Å². The SMILES string of the molecule is CC(C)OCCN1C(=O)C(=O)/C(=C(\O)c2ccccc2)C1c1ccc(N(C)C)cc1. The standard InChI is InChI=1S/C24H28N2O4/c1-16(2)30-15-14-26-21(17-10-12-19(13-11-17)25(3)4)20(23(28)24(26)29)22(27)18-8-6-5-7-9-18/h5-13,16,21,27H,14-15H2,1-4H3/b22-20-. The lowest BCUT2D eigenvalue weighted by molar-refractivity contribution is -0.140. The highest BCUT2D eigenvalue weighted by Crippen LogP contribution is 2.39. The molecule has 0 spiro atoms. The molecule has 1 aliphatic heterocycles. The summed E-state index contributed by atoms with van der Waals surface area (Å²) in [7, 11) is 3.89. The van der Waals surface area contributed by atoms with Gasteiger partial charge in [-0.3, -0.25) is 9.59 Å². The number of aliphatic hydroxyl groups is 1. The summed E-state index contributed by atoms with van der Waals surface area (Å²) >= 11 is 0. The highest BCUT2D eigenvalue weighted by atomic mass is 16.5. The molecule has 3 rings (SSSR count). The van der Waals surface area contributed by atoms with Gasteiger partial charge in [-0.05, 0) is 31.5 Å². The minimum Gasteiger partial charge on any atom is -0.507 e. The largest absolute Gasteiger partial charge is 0.507 e. The van der Waals surface area contributed by atoms with Gasteiger partial charge in [0, 0.05) is 31.9 Å². The van der Waals surface area contributed by atoms with Gasteiger partial charge in [0.15, 0.2) is 0 Å². The molecule has 0 aliphatic carbocycles. The predicted octanol–water partition coefficient (Wildman–Crippen LogP) is 3.60. The van der Waals surface area contributed by atoms with Crippen LogP contribution in [-0.4, -0.2) is 55.0 Å². The molecule has 0 aromatic heterocycles. The molecule has 1 atom stereocenters. The van der Waals surface area contributed by atoms with E-state index in [0.29, 0.717) is 12.2 Å². The molecule has 1 N–H and O–H groups in total. The van der Waals surface area contributed by atoms with Crippen molar-refractivity contribution in [1.29, 1.82) is 0 Å². The first-order chi connectivity index (χ1) is 14.3. The monoisotopic (exact) mass is 408 g/mol. The third-order valence-electron chi connectivity index (χ3n) is 5.10. The summed E-state index contributed by atoms with van der Waals surface area (Å²) < 4.78 is 5.61. The van der Waals surface area contributed by atoms with E-state index in [-0.39, 0.29) is 24.0 Å². The molecule has 1 fully saturated rings. The van der Waals surface area contributed by atoms with Crippen molar-refractivity contribution < 1.29 is 19.4 Å². The summed E-state index contributed by atoms with van der Waals surface area (Å²) in [5.74, 6) is -1.47. The molecule has 1 heterocycles. The summed E-state index contributed by atoms with van der Waals surface area (Å²) in [4.78, 5) is 29.2. The Morgan fingerprint density at radius 3 is 2.27 bits per heavy atom. The van der Waals surface area contributed by atoms with Crippen molar-refractivity contribution in [1.82, 2.24) is 4.90 Å². The van der Waals surface area contributed by atoms with Crippen LogP contribution in [0, 0.1) is 0 Å². The molecular formula is C24H28N2O4. The van der Waals surface area contributed by atoms with Gasteiger partial charge in [-0.2, -0.15) is 0 Å². The van der Waals surface area contributed by atoms with Crippen LogP contribution in [0.5, 0.6) is 0 Å². The summed E-state index contributed by atoms with van der Waals surface area (Å²) in [5, 5.41) is 11.0. The normalized spacial score (nSPS) is 18.3. The maximum absolute atomic E-state index is 12.9. The number of benzene rings is 2. The zero-order valence-electron chi connectivity index (χ0n) is 17.8. The topological polar surface area (TPSA) is 70.1 Å². The van der Waals surface area contributed by atoms with Crippen LogP contribution in [0.4, 0.5) is 5.69 Å². The van der Waals surface area contributed by atoms with Crippen LogP contribution in [0.25, 0.3) is 5.76 Å². The molecule has 1 unspecified atom stereocenters. The first-order valence-corrected chi connectivity index (χ1v) is 10.0. The maximum atomic E-state index is 12.9. The van der Waals surface area contributed by atoms with Crippen molar-refractivity contribution in [3.8, 4) is 0 Å². The second-order valence-electron chi connectivity index (χ2n) is 7.76. The molecule has 0 saturated carbocycles. The van der Waals surface area contributed by atoms with Crippen LogP contribution in [0.2, 0.25) is 0 Å². The fraction of sp³-hybridized carbons (Fsp3) is 0.333. The number of likely N-dealkylation sites (tertiary alicyclic amines) is 1. The van der Waals surface area contributed by atoms with E-state index in [1.54, 1.807) is 24.3 Å². The number of rotatable bonds is 7. The molecule has 1 saturated heterocycles. The summed E-state index contributed by atoms with van der Waals surface area (Å²) in [6, 6.07) is 15.8. The van der Waals surface area contributed by atoms with E-state index in [9.17, 15) is 14.7 Å². The first kappa shape index (κ1) is 21.6. The lowest BCUT2D eigenvalue weighted by Crippen LogP contribution is -2.33. The van der Waals surface area contributed by atoms with Crippen LogP contribution < -0.4 is 4.90 Å². The van der Waals surface area contributed by atoms with Gasteiger partial charge in [0.05, 0.1) is 24.3 Å². The van der Waals surface area contributed by atoms with E-state index >= 15 is 0 Å². The zero-order chi connectivity index (χ0) is 21.8. The van der Waals surface area contributed by atoms with Gasteiger partial charge in [0.25, 0.3) is 11.7 Å². The van der Waals surface area contributed by atoms with Crippen LogP contribution in [-0.2, 0) is 14.3 Å². The molecule has 158 valence electrons. The second kappa shape index (κ2) is 9.13. The van der Waals surface area contributed by atoms with Crippen molar-refractivity contribution in [2.75, 3.05) is 32.1 Å². The third kappa shape index (κ3) is 4.39. The van der Waals surface area contributed by atoms with Crippen LogP contribution in [0.15, 0.2) is 60.2 Å². The van der Waals surface area contributed by atoms with Crippen molar-refractivity contribution in [3.63, 3.8) is 0 Å². The first-order valence-electron chi connectivity index (χ1n) is 10.0. The van der Waals surface area contributed by atoms with Gasteiger partial charge in [-0.15, -0.1) is 0 Å². The fourth-order valence-electron chi connectivity index (χ4n) is 3.55. The number of hydrogen-bond donors (Lipinski definition) is 1. The van der Waals surface area contributed by atoms with Crippen molar-refractivity contribution in [2.45, 2.75) is 26.0 Å². The number of hydrogen-bond acceptors (Lipinski definition) is 5. The number of ether oxygens (including phenoxy) is 1. The van der Waals surface area contributed by atoms with Gasteiger partial charge < -0.3 is 19.6 Å². The molecular weight excluding hydrogens is 380 g/mol. The summed E-state index contributed by atoms with van der Waals surface area (Å²) in [5.41, 5.74) is 2.38. The molecule has 2 aromatic rings. The van der Waals surface area contributed by atoms with Crippen molar-refractivity contribution in [2.24, 2.45) is 0 Å². The number of aliphatic hydroxyl groups excluding tert-OH is 1. The second-order valence-corrected chi connectivity index (χ2v) is 7.76. The lowest BCUT2D eigenvalue weighted by atomic mass is 9.95. The molecule has 6 heteroatoms. The Morgan fingerprint density at radius 1 is 1.07 bits per heavy atom. The van der Waals surface area contributed by atoms with Crippen molar-refractivity contribution in [3.05, 3.63) is 71.3 Å². The van der Waals surface area contributed by atoms with Gasteiger partial charge in [0.2, 0.25) is 0 Å². The minimum absolute atomic E-state index is 0.0176. The third-order valence-corrected chi connectivity index (χ3v) is 5.10. The van der Waals surface area contributed by atoms with Gasteiger partial charge in [-0.1, -0.05) is 42.5 Å². The molecule has 1 amide bonds. The molecule has 2 aromatic carbocycles. The average Bonchev–Trinajstić information content (AvgIpc) is 2.98. The van der Waals surface area contributed by atoms with E-state index in [1.165, 1.54) is 4.90 Å². The number of amides is 1. The molecule has 0 radical (unpaired) electrons. The van der Waals surface area contributed by atoms with E-state index in [4.69, 9.17) is 4.74 Å².